The average Bonchev–Trinajstić information content (AvgIpc) is 2.41. The van der Waals surface area contributed by atoms with Gasteiger partial charge in [-0.15, -0.1) is 0 Å². The Labute approximate surface area is 112 Å². The van der Waals surface area contributed by atoms with Gasteiger partial charge >= 0.3 is 0 Å². The summed E-state index contributed by atoms with van der Waals surface area (Å²) in [6.45, 7) is 2.93. The van der Waals surface area contributed by atoms with E-state index < -0.39 is 0 Å². The van der Waals surface area contributed by atoms with Crippen LogP contribution >= 0.6 is 23.5 Å². The smallest absolute Gasteiger partial charge is 0.1000 e. The molecule has 1 unspecified atom stereocenters. The molecule has 3 heteroatoms. The van der Waals surface area contributed by atoms with Crippen LogP contribution in [0.15, 0.2) is 36.6 Å². The largest absolute Gasteiger partial charge is 0.500 e. The van der Waals surface area contributed by atoms with Crippen LogP contribution in [-0.2, 0) is 4.74 Å². The summed E-state index contributed by atoms with van der Waals surface area (Å²) in [6.07, 6.45) is 1.90. The van der Waals surface area contributed by atoms with E-state index >= 15 is 0 Å². The Morgan fingerprint density at radius 2 is 2.18 bits per heavy atom. The van der Waals surface area contributed by atoms with Crippen LogP contribution in [0.5, 0.6) is 0 Å². The van der Waals surface area contributed by atoms with E-state index in [1.165, 1.54) is 28.4 Å². The highest BCUT2D eigenvalue weighted by Gasteiger charge is 2.13. The van der Waals surface area contributed by atoms with Crippen LogP contribution in [-0.4, -0.2) is 29.1 Å². The van der Waals surface area contributed by atoms with Crippen molar-refractivity contribution in [2.75, 3.05) is 23.9 Å². The lowest BCUT2D eigenvalue weighted by atomic mass is 10.1. The monoisotopic (exact) mass is 266 g/mol. The van der Waals surface area contributed by atoms with Crippen LogP contribution in [0.3, 0.4) is 0 Å². The first-order valence-electron chi connectivity index (χ1n) is 5.89. The third kappa shape index (κ3) is 4.32. The van der Waals surface area contributed by atoms with Gasteiger partial charge in [-0.1, -0.05) is 30.3 Å². The van der Waals surface area contributed by atoms with Gasteiger partial charge in [-0.3, -0.25) is 0 Å². The Morgan fingerprint density at radius 3 is 2.88 bits per heavy atom. The number of thioether (sulfide) groups is 2. The van der Waals surface area contributed by atoms with Gasteiger partial charge in [0.2, 0.25) is 0 Å². The molecule has 1 fully saturated rings. The van der Waals surface area contributed by atoms with Crippen molar-refractivity contribution in [3.8, 4) is 0 Å². The molecule has 1 aliphatic rings. The van der Waals surface area contributed by atoms with E-state index in [-0.39, 0.29) is 0 Å². The third-order valence-corrected chi connectivity index (χ3v) is 5.47. The first-order valence-corrected chi connectivity index (χ1v) is 8.10. The Kier molecular flexibility index (Phi) is 5.33. The maximum absolute atomic E-state index is 5.69. The fraction of sp³-hybridized carbons (Fsp3) is 0.429. The van der Waals surface area contributed by atoms with Gasteiger partial charge in [-0.05, 0) is 18.1 Å². The standard InChI is InChI=1S/C14H18OS2/c1-12(13-5-3-2-4-6-13)9-15-10-14-11-16-7-8-17-14/h2-6,9,14H,7-8,10-11H2,1H3/b12-9-. The zero-order chi connectivity index (χ0) is 11.9. The minimum Gasteiger partial charge on any atom is -0.500 e. The highest BCUT2D eigenvalue weighted by Crippen LogP contribution is 2.24. The number of benzene rings is 1. The summed E-state index contributed by atoms with van der Waals surface area (Å²) < 4.78 is 5.69. The molecule has 0 N–H and O–H groups in total. The molecule has 0 aromatic heterocycles. The predicted octanol–water partition coefficient (Wildman–Crippen LogP) is 3.91. The topological polar surface area (TPSA) is 9.23 Å². The van der Waals surface area contributed by atoms with Crippen molar-refractivity contribution >= 4 is 29.1 Å². The van der Waals surface area contributed by atoms with Gasteiger partial charge in [0.05, 0.1) is 12.9 Å². The van der Waals surface area contributed by atoms with E-state index in [4.69, 9.17) is 4.74 Å². The van der Waals surface area contributed by atoms with Crippen molar-refractivity contribution in [1.82, 2.24) is 0 Å². The molecular weight excluding hydrogens is 248 g/mol. The fourth-order valence-electron chi connectivity index (χ4n) is 1.68. The number of hydrogen-bond donors (Lipinski definition) is 0. The van der Waals surface area contributed by atoms with E-state index in [1.54, 1.807) is 0 Å². The molecule has 1 nitrogen and oxygen atoms in total. The summed E-state index contributed by atoms with van der Waals surface area (Å²) in [5.41, 5.74) is 2.43. The Hall–Kier alpha value is -0.540. The van der Waals surface area contributed by atoms with E-state index in [0.29, 0.717) is 5.25 Å². The summed E-state index contributed by atoms with van der Waals surface area (Å²) in [4.78, 5) is 0. The quantitative estimate of drug-likeness (QED) is 0.765. The van der Waals surface area contributed by atoms with E-state index in [2.05, 4.69) is 31.2 Å². The van der Waals surface area contributed by atoms with Gasteiger partial charge in [0.25, 0.3) is 0 Å². The van der Waals surface area contributed by atoms with Gasteiger partial charge in [0.1, 0.15) is 0 Å². The Balaban J connectivity index is 1.80. The second-order valence-corrected chi connectivity index (χ2v) is 6.63. The summed E-state index contributed by atoms with van der Waals surface area (Å²) in [5, 5.41) is 0.661. The number of allylic oxidation sites excluding steroid dienone is 1. The number of hydrogen-bond acceptors (Lipinski definition) is 3. The minimum atomic E-state index is 0.661. The lowest BCUT2D eigenvalue weighted by Crippen LogP contribution is -2.18. The molecule has 1 aromatic rings. The SMILES string of the molecule is C/C(=C/OCC1CSCCS1)c1ccccc1. The normalized spacial score (nSPS) is 21.2. The molecule has 92 valence electrons. The average molecular weight is 266 g/mol. The first-order chi connectivity index (χ1) is 8.36. The minimum absolute atomic E-state index is 0.661. The van der Waals surface area contributed by atoms with Crippen molar-refractivity contribution < 1.29 is 4.74 Å². The van der Waals surface area contributed by atoms with Crippen molar-refractivity contribution in [3.05, 3.63) is 42.2 Å². The van der Waals surface area contributed by atoms with Crippen molar-refractivity contribution in [3.63, 3.8) is 0 Å². The van der Waals surface area contributed by atoms with Gasteiger partial charge in [-0.2, -0.15) is 23.5 Å². The van der Waals surface area contributed by atoms with Crippen LogP contribution < -0.4 is 0 Å². The lowest BCUT2D eigenvalue weighted by molar-refractivity contribution is 0.256. The zero-order valence-corrected chi connectivity index (χ0v) is 11.7. The maximum Gasteiger partial charge on any atom is 0.1000 e. The van der Waals surface area contributed by atoms with Gasteiger partial charge in [-0.25, -0.2) is 0 Å². The molecule has 0 bridgehead atoms. The third-order valence-electron chi connectivity index (χ3n) is 2.66. The molecule has 17 heavy (non-hydrogen) atoms. The lowest BCUT2D eigenvalue weighted by Gasteiger charge is -2.20. The number of rotatable bonds is 4. The molecule has 0 radical (unpaired) electrons. The fourth-order valence-corrected chi connectivity index (χ4v) is 4.25. The second kappa shape index (κ2) is 7.02. The predicted molar refractivity (Wildman–Crippen MR) is 79.6 cm³/mol. The molecule has 0 spiro atoms. The highest BCUT2D eigenvalue weighted by molar-refractivity contribution is 8.06. The molecule has 2 rings (SSSR count). The molecule has 1 heterocycles. The van der Waals surface area contributed by atoms with E-state index in [9.17, 15) is 0 Å². The van der Waals surface area contributed by atoms with Crippen molar-refractivity contribution in [2.24, 2.45) is 0 Å². The maximum atomic E-state index is 5.69. The molecule has 1 saturated heterocycles. The van der Waals surface area contributed by atoms with Crippen molar-refractivity contribution in [1.29, 1.82) is 0 Å². The first kappa shape index (κ1) is 12.9. The Bertz CT molecular complexity index is 356. The summed E-state index contributed by atoms with van der Waals surface area (Å²) in [6, 6.07) is 10.4. The molecule has 1 atom stereocenters. The number of ether oxygens (including phenoxy) is 1. The van der Waals surface area contributed by atoms with Crippen LogP contribution in [0.2, 0.25) is 0 Å². The van der Waals surface area contributed by atoms with Crippen LogP contribution in [0.1, 0.15) is 12.5 Å². The summed E-state index contributed by atoms with van der Waals surface area (Å²) in [5.74, 6) is 3.78. The summed E-state index contributed by atoms with van der Waals surface area (Å²) in [7, 11) is 0. The highest BCUT2D eigenvalue weighted by atomic mass is 32.2. The zero-order valence-electron chi connectivity index (χ0n) is 10.1. The molecule has 0 saturated carbocycles. The summed E-state index contributed by atoms with van der Waals surface area (Å²) >= 11 is 4.07. The molecular formula is C14H18OS2. The van der Waals surface area contributed by atoms with Gasteiger partial charge in [0, 0.05) is 22.5 Å². The van der Waals surface area contributed by atoms with E-state index in [1.807, 2.05) is 35.9 Å². The molecule has 1 aliphatic heterocycles. The van der Waals surface area contributed by atoms with Crippen LogP contribution in [0.25, 0.3) is 5.57 Å². The molecule has 0 amide bonds. The van der Waals surface area contributed by atoms with Gasteiger partial charge < -0.3 is 4.74 Å². The molecule has 1 aromatic carbocycles. The van der Waals surface area contributed by atoms with Crippen molar-refractivity contribution in [2.45, 2.75) is 12.2 Å². The second-order valence-electron chi connectivity index (χ2n) is 4.07. The van der Waals surface area contributed by atoms with Gasteiger partial charge in [0.15, 0.2) is 0 Å². The van der Waals surface area contributed by atoms with Crippen LogP contribution in [0, 0.1) is 0 Å². The van der Waals surface area contributed by atoms with E-state index in [0.717, 1.165) is 6.61 Å². The van der Waals surface area contributed by atoms with Crippen LogP contribution in [0.4, 0.5) is 0 Å². The Morgan fingerprint density at radius 1 is 1.35 bits per heavy atom. The molecule has 0 aliphatic carbocycles.